The fourth-order valence-electron chi connectivity index (χ4n) is 3.32. The monoisotopic (exact) mass is 412 g/mol. The topological polar surface area (TPSA) is 83.6 Å². The Balaban J connectivity index is 1.51. The number of amides is 2. The van der Waals surface area contributed by atoms with Crippen LogP contribution in [0, 0.1) is 5.92 Å². The van der Waals surface area contributed by atoms with Gasteiger partial charge >= 0.3 is 0 Å². The molecular formula is C18H28N4O3S2. The van der Waals surface area contributed by atoms with Crippen LogP contribution in [-0.2, 0) is 20.7 Å². The summed E-state index contributed by atoms with van der Waals surface area (Å²) in [6.45, 7) is 7.74. The lowest BCUT2D eigenvalue weighted by molar-refractivity contribution is -0.121. The lowest BCUT2D eigenvalue weighted by Crippen LogP contribution is -2.59. The van der Waals surface area contributed by atoms with E-state index in [2.05, 4.69) is 20.5 Å². The summed E-state index contributed by atoms with van der Waals surface area (Å²) in [7, 11) is 0. The molecular weight excluding hydrogens is 384 g/mol. The van der Waals surface area contributed by atoms with Gasteiger partial charge in [0.25, 0.3) is 0 Å². The van der Waals surface area contributed by atoms with Crippen LogP contribution >= 0.6 is 23.1 Å². The molecule has 9 heteroatoms. The highest BCUT2D eigenvalue weighted by Gasteiger charge is 2.40. The highest BCUT2D eigenvalue weighted by Crippen LogP contribution is 2.33. The van der Waals surface area contributed by atoms with Gasteiger partial charge in [-0.2, -0.15) is 11.8 Å². The molecule has 0 bridgehead atoms. The third-order valence-corrected chi connectivity index (χ3v) is 7.07. The van der Waals surface area contributed by atoms with Crippen molar-refractivity contribution in [1.82, 2.24) is 15.2 Å². The lowest BCUT2D eigenvalue weighted by Gasteiger charge is -2.43. The first kappa shape index (κ1) is 20.6. The number of nitrogens with one attached hydrogen (secondary N) is 2. The third-order valence-electron chi connectivity index (χ3n) is 5.03. The van der Waals surface area contributed by atoms with Gasteiger partial charge in [-0.1, -0.05) is 13.8 Å². The minimum absolute atomic E-state index is 0.0217. The van der Waals surface area contributed by atoms with Gasteiger partial charge in [0, 0.05) is 42.2 Å². The lowest BCUT2D eigenvalue weighted by atomic mass is 9.95. The molecule has 1 unspecified atom stereocenters. The fraction of sp³-hybridized carbons (Fsp3) is 0.722. The maximum absolute atomic E-state index is 12.5. The Morgan fingerprint density at radius 3 is 2.81 bits per heavy atom. The summed E-state index contributed by atoms with van der Waals surface area (Å²) in [5.74, 6) is 2.01. The molecule has 3 rings (SSSR count). The van der Waals surface area contributed by atoms with Crippen LogP contribution in [0.5, 0.6) is 0 Å². The van der Waals surface area contributed by atoms with Crippen molar-refractivity contribution in [3.63, 3.8) is 0 Å². The van der Waals surface area contributed by atoms with Crippen molar-refractivity contribution >= 4 is 40.0 Å². The molecule has 2 aliphatic rings. The molecule has 1 atom stereocenters. The zero-order chi connectivity index (χ0) is 19.3. The number of aromatic nitrogens is 1. The molecule has 2 fully saturated rings. The van der Waals surface area contributed by atoms with Crippen molar-refractivity contribution in [2.75, 3.05) is 49.7 Å². The second-order valence-electron chi connectivity index (χ2n) is 7.37. The number of carbonyl (C=O) groups is 2. The number of thiazole rings is 1. The van der Waals surface area contributed by atoms with E-state index < -0.39 is 0 Å². The Hall–Kier alpha value is -1.16. The van der Waals surface area contributed by atoms with Crippen molar-refractivity contribution in [1.29, 1.82) is 0 Å². The summed E-state index contributed by atoms with van der Waals surface area (Å²) in [6.07, 6.45) is 1.33. The highest BCUT2D eigenvalue weighted by atomic mass is 32.2. The van der Waals surface area contributed by atoms with E-state index in [0.717, 1.165) is 44.2 Å². The van der Waals surface area contributed by atoms with Crippen LogP contribution in [0.25, 0.3) is 0 Å². The smallest absolute Gasteiger partial charge is 0.228 e. The summed E-state index contributed by atoms with van der Waals surface area (Å²) >= 11 is 3.31. The van der Waals surface area contributed by atoms with Crippen molar-refractivity contribution in [3.05, 3.63) is 11.1 Å². The predicted octanol–water partition coefficient (Wildman–Crippen LogP) is 1.60. The molecule has 2 saturated heterocycles. The van der Waals surface area contributed by atoms with Gasteiger partial charge in [0.1, 0.15) is 0 Å². The zero-order valence-electron chi connectivity index (χ0n) is 16.0. The van der Waals surface area contributed by atoms with Crippen molar-refractivity contribution in [3.8, 4) is 0 Å². The first-order valence-corrected chi connectivity index (χ1v) is 11.4. The average Bonchev–Trinajstić information content (AvgIpc) is 3.31. The van der Waals surface area contributed by atoms with E-state index in [-0.39, 0.29) is 29.7 Å². The number of ether oxygens (including phenoxy) is 1. The molecule has 0 saturated carbocycles. The Morgan fingerprint density at radius 1 is 1.37 bits per heavy atom. The Morgan fingerprint density at radius 2 is 2.15 bits per heavy atom. The van der Waals surface area contributed by atoms with Gasteiger partial charge in [-0.3, -0.25) is 14.5 Å². The summed E-state index contributed by atoms with van der Waals surface area (Å²) < 4.78 is 5.48. The number of hydrogen-bond acceptors (Lipinski definition) is 7. The van der Waals surface area contributed by atoms with Crippen LogP contribution in [0.2, 0.25) is 0 Å². The second-order valence-corrected chi connectivity index (χ2v) is 9.33. The van der Waals surface area contributed by atoms with E-state index in [1.807, 2.05) is 31.0 Å². The van der Waals surface area contributed by atoms with Crippen molar-refractivity contribution in [2.45, 2.75) is 32.2 Å². The average molecular weight is 413 g/mol. The van der Waals surface area contributed by atoms with E-state index in [4.69, 9.17) is 4.74 Å². The van der Waals surface area contributed by atoms with Gasteiger partial charge in [-0.15, -0.1) is 11.3 Å². The summed E-state index contributed by atoms with van der Waals surface area (Å²) in [5.41, 5.74) is 0.737. The van der Waals surface area contributed by atoms with E-state index in [9.17, 15) is 9.59 Å². The van der Waals surface area contributed by atoms with Crippen LogP contribution in [0.3, 0.4) is 0 Å². The molecule has 1 aromatic rings. The van der Waals surface area contributed by atoms with E-state index in [1.54, 1.807) is 0 Å². The maximum Gasteiger partial charge on any atom is 0.228 e. The minimum atomic E-state index is -0.0960. The maximum atomic E-state index is 12.5. The number of anilines is 1. The highest BCUT2D eigenvalue weighted by molar-refractivity contribution is 7.99. The fourth-order valence-corrected chi connectivity index (χ4v) is 5.51. The van der Waals surface area contributed by atoms with Gasteiger partial charge in [0.15, 0.2) is 5.13 Å². The predicted molar refractivity (Wildman–Crippen MR) is 109 cm³/mol. The SMILES string of the molecule is CC(C)C(=O)Nc1nc(CC(=O)NCC2(N3CCOCC3)CCSC2)cs1. The Labute approximate surface area is 168 Å². The Bertz CT molecular complexity index is 653. The molecule has 0 aliphatic carbocycles. The molecule has 150 valence electrons. The van der Waals surface area contributed by atoms with E-state index in [0.29, 0.717) is 17.4 Å². The van der Waals surface area contributed by atoms with Gasteiger partial charge in [-0.25, -0.2) is 4.98 Å². The first-order chi connectivity index (χ1) is 13.0. The molecule has 2 amide bonds. The molecule has 0 aromatic carbocycles. The van der Waals surface area contributed by atoms with Gasteiger partial charge in [0.05, 0.1) is 25.3 Å². The van der Waals surface area contributed by atoms with E-state index in [1.165, 1.54) is 11.3 Å². The van der Waals surface area contributed by atoms with Crippen LogP contribution in [-0.4, -0.2) is 71.6 Å². The van der Waals surface area contributed by atoms with Crippen LogP contribution in [0.1, 0.15) is 26.0 Å². The first-order valence-electron chi connectivity index (χ1n) is 9.41. The molecule has 27 heavy (non-hydrogen) atoms. The number of morpholine rings is 1. The number of thioether (sulfide) groups is 1. The Kier molecular flexibility index (Phi) is 7.13. The normalized spacial score (nSPS) is 23.5. The standard InChI is InChI=1S/C18H28N4O3S2/c1-13(2)16(24)21-17-20-14(10-27-17)9-15(23)19-11-18(3-8-26-12-18)22-4-6-25-7-5-22/h10,13H,3-9,11-12H2,1-2H3,(H,19,23)(H,20,21,24). The second kappa shape index (κ2) is 9.36. The summed E-state index contributed by atoms with van der Waals surface area (Å²) in [5, 5.41) is 8.28. The third kappa shape index (κ3) is 5.43. The van der Waals surface area contributed by atoms with Crippen molar-refractivity contribution < 1.29 is 14.3 Å². The quantitative estimate of drug-likeness (QED) is 0.708. The molecule has 3 heterocycles. The molecule has 0 radical (unpaired) electrons. The van der Waals surface area contributed by atoms with Crippen LogP contribution in [0.4, 0.5) is 5.13 Å². The van der Waals surface area contributed by atoms with Gasteiger partial charge in [0.2, 0.25) is 11.8 Å². The largest absolute Gasteiger partial charge is 0.379 e. The van der Waals surface area contributed by atoms with Crippen molar-refractivity contribution in [2.24, 2.45) is 5.92 Å². The van der Waals surface area contributed by atoms with E-state index >= 15 is 0 Å². The molecule has 1 aromatic heterocycles. The van der Waals surface area contributed by atoms with Crippen LogP contribution < -0.4 is 10.6 Å². The number of carbonyl (C=O) groups excluding carboxylic acids is 2. The van der Waals surface area contributed by atoms with Gasteiger partial charge in [-0.05, 0) is 12.2 Å². The van der Waals surface area contributed by atoms with Crippen LogP contribution in [0.15, 0.2) is 5.38 Å². The number of hydrogen-bond donors (Lipinski definition) is 2. The summed E-state index contributed by atoms with van der Waals surface area (Å²) in [6, 6.07) is 0. The molecule has 2 N–H and O–H groups in total. The molecule has 2 aliphatic heterocycles. The number of rotatable bonds is 7. The number of nitrogens with zero attached hydrogens (tertiary/aromatic N) is 2. The zero-order valence-corrected chi connectivity index (χ0v) is 17.6. The molecule has 7 nitrogen and oxygen atoms in total. The summed E-state index contributed by atoms with van der Waals surface area (Å²) in [4.78, 5) is 31.0. The minimum Gasteiger partial charge on any atom is -0.379 e. The molecule has 0 spiro atoms. The van der Waals surface area contributed by atoms with Gasteiger partial charge < -0.3 is 15.4 Å².